The summed E-state index contributed by atoms with van der Waals surface area (Å²) in [6.07, 6.45) is 5.86. The van der Waals surface area contributed by atoms with E-state index in [4.69, 9.17) is 28.4 Å². The van der Waals surface area contributed by atoms with E-state index in [1.165, 1.54) is 30.6 Å². The molecule has 0 aromatic carbocycles. The highest BCUT2D eigenvalue weighted by atomic mass is 32.1. The molecule has 120 valence electrons. The molecule has 1 fully saturated rings. The minimum Gasteiger partial charge on any atom is -0.479 e. The predicted molar refractivity (Wildman–Crippen MR) is 97.6 cm³/mol. The molecule has 2 aromatic rings. The van der Waals surface area contributed by atoms with Crippen molar-refractivity contribution in [1.29, 1.82) is 5.26 Å². The maximum absolute atomic E-state index is 9.22. The van der Waals surface area contributed by atoms with Crippen LogP contribution >= 0.6 is 23.6 Å². The van der Waals surface area contributed by atoms with Gasteiger partial charge in [0.15, 0.2) is 0 Å². The first-order valence-electron chi connectivity index (χ1n) is 7.62. The summed E-state index contributed by atoms with van der Waals surface area (Å²) in [5.74, 6) is 0.226. The lowest BCUT2D eigenvalue weighted by molar-refractivity contribution is 0.148. The Morgan fingerprint density at radius 3 is 2.70 bits per heavy atom. The van der Waals surface area contributed by atoms with Crippen LogP contribution in [0.2, 0.25) is 0 Å². The molecule has 4 N–H and O–H groups in total. The zero-order chi connectivity index (χ0) is 16.6. The highest BCUT2D eigenvalue weighted by Gasteiger charge is 2.23. The fourth-order valence-electron chi connectivity index (χ4n) is 3.04. The standard InChI is InChI=1S/C16H18N4OS2/c1-8-10(7-17)14(19)20-15-11(8)12(18)13(23-15)16(22)21-9-5-3-2-4-6-9/h9H,2-6,18H2,1H3,(H2,19,20). The van der Waals surface area contributed by atoms with Crippen LogP contribution in [-0.4, -0.2) is 16.1 Å². The monoisotopic (exact) mass is 346 g/mol. The van der Waals surface area contributed by atoms with Crippen molar-refractivity contribution in [3.8, 4) is 6.07 Å². The number of aromatic nitrogens is 1. The van der Waals surface area contributed by atoms with Gasteiger partial charge in [0.25, 0.3) is 0 Å². The smallest absolute Gasteiger partial charge is 0.203 e. The number of anilines is 2. The highest BCUT2D eigenvalue weighted by Crippen LogP contribution is 2.38. The second-order valence-corrected chi connectivity index (χ2v) is 7.17. The predicted octanol–water partition coefficient (Wildman–Crippen LogP) is 3.67. The molecular weight excluding hydrogens is 328 g/mol. The Labute approximate surface area is 144 Å². The zero-order valence-electron chi connectivity index (χ0n) is 12.9. The van der Waals surface area contributed by atoms with Crippen molar-refractivity contribution in [1.82, 2.24) is 4.98 Å². The number of ether oxygens (including phenoxy) is 1. The van der Waals surface area contributed by atoms with Gasteiger partial charge in [0.1, 0.15) is 21.6 Å². The number of hydrogen-bond acceptors (Lipinski definition) is 7. The lowest BCUT2D eigenvalue weighted by Crippen LogP contribution is -2.20. The minimum absolute atomic E-state index is 0.176. The number of nitrogens with zero attached hydrogens (tertiary/aromatic N) is 2. The van der Waals surface area contributed by atoms with E-state index in [0.717, 1.165) is 23.8 Å². The van der Waals surface area contributed by atoms with E-state index in [9.17, 15) is 5.26 Å². The molecule has 0 atom stereocenters. The summed E-state index contributed by atoms with van der Waals surface area (Å²) < 4.78 is 5.95. The number of aryl methyl sites for hydroxylation is 1. The summed E-state index contributed by atoms with van der Waals surface area (Å²) in [6, 6.07) is 2.08. The summed E-state index contributed by atoms with van der Waals surface area (Å²) >= 11 is 6.83. The van der Waals surface area contributed by atoms with Crippen molar-refractivity contribution in [3.63, 3.8) is 0 Å². The fraction of sp³-hybridized carbons (Fsp3) is 0.438. The first-order chi connectivity index (χ1) is 11.0. The molecule has 23 heavy (non-hydrogen) atoms. The Hall–Kier alpha value is -1.91. The summed E-state index contributed by atoms with van der Waals surface area (Å²) in [7, 11) is 0. The van der Waals surface area contributed by atoms with Gasteiger partial charge in [-0.2, -0.15) is 5.26 Å². The van der Waals surface area contributed by atoms with Crippen LogP contribution in [0.1, 0.15) is 48.1 Å². The third kappa shape index (κ3) is 2.84. The van der Waals surface area contributed by atoms with E-state index in [-0.39, 0.29) is 11.9 Å². The van der Waals surface area contributed by atoms with E-state index < -0.39 is 0 Å². The Balaban J connectivity index is 1.98. The Morgan fingerprint density at radius 2 is 2.04 bits per heavy atom. The SMILES string of the molecule is Cc1c(C#N)c(N)nc2sc(C(=S)OC3CCCCC3)c(N)c12. The molecule has 1 saturated carbocycles. The van der Waals surface area contributed by atoms with Gasteiger partial charge in [-0.05, 0) is 50.4 Å². The lowest BCUT2D eigenvalue weighted by atomic mass is 9.98. The molecule has 2 aromatic heterocycles. The maximum atomic E-state index is 9.22. The number of thiocarbonyl (C=S) groups is 1. The molecule has 0 amide bonds. The van der Waals surface area contributed by atoms with Crippen LogP contribution in [0.3, 0.4) is 0 Å². The number of nitrogen functional groups attached to an aromatic ring is 2. The van der Waals surface area contributed by atoms with E-state index in [0.29, 0.717) is 26.0 Å². The molecular formula is C16H18N4OS2. The molecule has 0 unspecified atom stereocenters. The molecule has 1 aliphatic carbocycles. The van der Waals surface area contributed by atoms with Gasteiger partial charge in [0.2, 0.25) is 5.05 Å². The van der Waals surface area contributed by atoms with Crippen LogP contribution in [0.15, 0.2) is 0 Å². The van der Waals surface area contributed by atoms with Crippen molar-refractivity contribution < 1.29 is 4.74 Å². The summed E-state index contributed by atoms with van der Waals surface area (Å²) in [5.41, 5.74) is 13.8. The van der Waals surface area contributed by atoms with Gasteiger partial charge in [0, 0.05) is 5.39 Å². The second kappa shape index (κ2) is 6.30. The normalized spacial score (nSPS) is 15.5. The van der Waals surface area contributed by atoms with Gasteiger partial charge in [-0.3, -0.25) is 0 Å². The molecule has 5 nitrogen and oxygen atoms in total. The zero-order valence-corrected chi connectivity index (χ0v) is 14.5. The molecule has 0 radical (unpaired) electrons. The number of fused-ring (bicyclic) bond motifs is 1. The quantitative estimate of drug-likeness (QED) is 0.805. The average Bonchev–Trinajstić information content (AvgIpc) is 2.85. The molecule has 1 aliphatic rings. The largest absolute Gasteiger partial charge is 0.479 e. The van der Waals surface area contributed by atoms with Crippen molar-refractivity contribution in [2.75, 3.05) is 11.5 Å². The number of pyridine rings is 1. The molecule has 2 heterocycles. The van der Waals surface area contributed by atoms with Crippen LogP contribution in [0.4, 0.5) is 11.5 Å². The average molecular weight is 346 g/mol. The molecule has 0 aliphatic heterocycles. The number of hydrogen-bond donors (Lipinski definition) is 2. The number of nitriles is 1. The van der Waals surface area contributed by atoms with Crippen LogP contribution in [0.25, 0.3) is 10.2 Å². The number of thiophene rings is 1. The van der Waals surface area contributed by atoms with Gasteiger partial charge in [-0.15, -0.1) is 11.3 Å². The lowest BCUT2D eigenvalue weighted by Gasteiger charge is -2.22. The Kier molecular flexibility index (Phi) is 4.37. The van der Waals surface area contributed by atoms with Crippen molar-refractivity contribution in [2.45, 2.75) is 45.1 Å². The molecule has 7 heteroatoms. The molecule has 0 spiro atoms. The molecule has 0 saturated heterocycles. The van der Waals surface area contributed by atoms with Crippen molar-refractivity contribution in [3.05, 3.63) is 16.0 Å². The Morgan fingerprint density at radius 1 is 1.35 bits per heavy atom. The van der Waals surface area contributed by atoms with E-state index in [1.807, 2.05) is 6.92 Å². The van der Waals surface area contributed by atoms with E-state index >= 15 is 0 Å². The topological polar surface area (TPSA) is 98.0 Å². The Bertz CT molecular complexity index is 816. The maximum Gasteiger partial charge on any atom is 0.203 e. The third-order valence-electron chi connectivity index (χ3n) is 4.28. The van der Waals surface area contributed by atoms with Gasteiger partial charge < -0.3 is 16.2 Å². The van der Waals surface area contributed by atoms with Crippen molar-refractivity contribution >= 4 is 50.3 Å². The van der Waals surface area contributed by atoms with Crippen LogP contribution in [-0.2, 0) is 4.74 Å². The van der Waals surface area contributed by atoms with E-state index in [1.54, 1.807) is 0 Å². The summed E-state index contributed by atoms with van der Waals surface area (Å²) in [4.78, 5) is 5.71. The molecule has 3 rings (SSSR count). The van der Waals surface area contributed by atoms with Crippen LogP contribution in [0.5, 0.6) is 0 Å². The fourth-order valence-corrected chi connectivity index (χ4v) is 4.45. The van der Waals surface area contributed by atoms with Gasteiger partial charge >= 0.3 is 0 Å². The highest BCUT2D eigenvalue weighted by molar-refractivity contribution is 7.81. The first-order valence-corrected chi connectivity index (χ1v) is 8.84. The van der Waals surface area contributed by atoms with Crippen molar-refractivity contribution in [2.24, 2.45) is 0 Å². The van der Waals surface area contributed by atoms with Gasteiger partial charge in [-0.25, -0.2) is 4.98 Å². The number of rotatable bonds is 2. The second-order valence-electron chi connectivity index (χ2n) is 5.80. The van der Waals surface area contributed by atoms with Crippen LogP contribution in [0, 0.1) is 18.3 Å². The minimum atomic E-state index is 0.176. The van der Waals surface area contributed by atoms with Gasteiger partial charge in [-0.1, -0.05) is 6.42 Å². The van der Waals surface area contributed by atoms with E-state index in [2.05, 4.69) is 11.1 Å². The first kappa shape index (κ1) is 16.0. The van der Waals surface area contributed by atoms with Gasteiger partial charge in [0.05, 0.1) is 17.4 Å². The summed E-state index contributed by atoms with van der Waals surface area (Å²) in [6.45, 7) is 1.83. The van der Waals surface area contributed by atoms with Crippen LogP contribution < -0.4 is 11.5 Å². The number of nitrogens with two attached hydrogens (primary N) is 2. The third-order valence-corrected chi connectivity index (χ3v) is 5.81. The molecule has 0 bridgehead atoms. The summed E-state index contributed by atoms with van der Waals surface area (Å²) in [5, 5.41) is 10.4.